The van der Waals surface area contributed by atoms with Crippen molar-refractivity contribution >= 4 is 22.1 Å². The maximum Gasteiger partial charge on any atom is 0.148 e. The minimum atomic E-state index is -0.565. The first-order valence-corrected chi connectivity index (χ1v) is 15.5. The molecule has 6 aromatic rings. The highest BCUT2D eigenvalue weighted by Gasteiger charge is 2.26. The fourth-order valence-electron chi connectivity index (χ4n) is 5.58. The number of phenols is 2. The van der Waals surface area contributed by atoms with E-state index < -0.39 is 11.2 Å². The Labute approximate surface area is 268 Å². The first-order chi connectivity index (χ1) is 21.9. The van der Waals surface area contributed by atoms with Gasteiger partial charge in [-0.05, 0) is 107 Å². The maximum absolute atomic E-state index is 11.3. The van der Waals surface area contributed by atoms with Crippen molar-refractivity contribution in [2.24, 2.45) is 0 Å². The van der Waals surface area contributed by atoms with Crippen LogP contribution in [0.4, 0.5) is 0 Å². The van der Waals surface area contributed by atoms with Crippen molar-refractivity contribution in [1.29, 1.82) is 0 Å². The van der Waals surface area contributed by atoms with Crippen molar-refractivity contribution in [2.75, 3.05) is 6.61 Å². The molecule has 2 aromatic heterocycles. The fourth-order valence-corrected chi connectivity index (χ4v) is 5.58. The van der Waals surface area contributed by atoms with E-state index in [2.05, 4.69) is 20.4 Å². The number of aryl methyl sites for hydroxylation is 2. The lowest BCUT2D eigenvalue weighted by molar-refractivity contribution is -0.0779. The van der Waals surface area contributed by atoms with Gasteiger partial charge in [0.2, 0.25) is 0 Å². The summed E-state index contributed by atoms with van der Waals surface area (Å²) in [5.41, 5.74) is 6.38. The van der Waals surface area contributed by atoms with Crippen LogP contribution in [0.1, 0.15) is 56.4 Å². The van der Waals surface area contributed by atoms with Crippen LogP contribution in [0, 0.1) is 13.8 Å². The van der Waals surface area contributed by atoms with Crippen molar-refractivity contribution < 1.29 is 19.7 Å². The molecule has 0 bridgehead atoms. The Hall–Kier alpha value is -4.80. The Bertz CT molecular complexity index is 1960. The summed E-state index contributed by atoms with van der Waals surface area (Å²) in [5.74, 6) is 0.233. The zero-order valence-electron chi connectivity index (χ0n) is 27.2. The number of phenolic OH excluding ortho intramolecular Hbond substituents is 2. The van der Waals surface area contributed by atoms with Crippen molar-refractivity contribution in [3.05, 3.63) is 95.1 Å². The number of hydrogen-bond acceptors (Lipinski definition) is 8. The topological polar surface area (TPSA) is 120 Å². The van der Waals surface area contributed by atoms with Crippen LogP contribution in [-0.4, -0.2) is 58.0 Å². The second kappa shape index (κ2) is 12.2. The van der Waals surface area contributed by atoms with Crippen LogP contribution >= 0.6 is 0 Å². The Morgan fingerprint density at radius 2 is 1.04 bits per heavy atom. The molecule has 0 unspecified atom stereocenters. The summed E-state index contributed by atoms with van der Waals surface area (Å²) in [6.45, 7) is 12.7. The average Bonchev–Trinajstić information content (AvgIpc) is 3.63. The minimum absolute atomic E-state index is 0.0924. The molecule has 46 heavy (non-hydrogen) atoms. The molecule has 10 heteroatoms. The van der Waals surface area contributed by atoms with Gasteiger partial charge in [0.15, 0.2) is 0 Å². The first-order valence-electron chi connectivity index (χ1n) is 15.5. The molecule has 0 amide bonds. The number of fused-ring (bicyclic) bond motifs is 2. The lowest BCUT2D eigenvalue weighted by Crippen LogP contribution is -2.32. The quantitative estimate of drug-likeness (QED) is 0.160. The van der Waals surface area contributed by atoms with Gasteiger partial charge in [-0.3, -0.25) is 0 Å². The summed E-state index contributed by atoms with van der Waals surface area (Å²) in [6, 6.07) is 22.9. The highest BCUT2D eigenvalue weighted by Crippen LogP contribution is 2.33. The summed E-state index contributed by atoms with van der Waals surface area (Å²) < 4.78 is 12.7. The predicted molar refractivity (Wildman–Crippen MR) is 178 cm³/mol. The molecule has 2 N–H and O–H groups in total. The third-order valence-corrected chi connectivity index (χ3v) is 8.06. The summed E-state index contributed by atoms with van der Waals surface area (Å²) in [7, 11) is 0. The van der Waals surface area contributed by atoms with Gasteiger partial charge in [-0.2, -0.15) is 0 Å². The zero-order valence-corrected chi connectivity index (χ0v) is 27.2. The zero-order chi connectivity index (χ0) is 32.6. The Morgan fingerprint density at radius 1 is 0.609 bits per heavy atom. The van der Waals surface area contributed by atoms with Crippen molar-refractivity contribution in [3.8, 4) is 22.9 Å². The van der Waals surface area contributed by atoms with Crippen LogP contribution in [0.3, 0.4) is 0 Å². The van der Waals surface area contributed by atoms with E-state index in [9.17, 15) is 10.2 Å². The van der Waals surface area contributed by atoms with Gasteiger partial charge in [0.25, 0.3) is 0 Å². The van der Waals surface area contributed by atoms with Gasteiger partial charge in [0.1, 0.15) is 44.9 Å². The molecule has 6 rings (SSSR count). The Kier molecular flexibility index (Phi) is 8.26. The summed E-state index contributed by atoms with van der Waals surface area (Å²) in [4.78, 5) is 2.97. The summed E-state index contributed by atoms with van der Waals surface area (Å²) in [6.07, 6.45) is 1.11. The largest absolute Gasteiger partial charge is 0.505 e. The molecule has 0 aliphatic heterocycles. The number of aromatic hydroxyl groups is 2. The SMILES string of the molecule is Cc1cc(COC(C)(C)CCOC(C)(C)Cc2cc(C)cc(-n3nc4ccccc4n3)c2O)c(O)c(-n2nc3ccccc3n2)c1. The van der Waals surface area contributed by atoms with Crippen LogP contribution < -0.4 is 0 Å². The number of hydrogen-bond donors (Lipinski definition) is 2. The van der Waals surface area contributed by atoms with Crippen LogP contribution in [0.5, 0.6) is 11.5 Å². The summed E-state index contributed by atoms with van der Waals surface area (Å²) >= 11 is 0. The Balaban J connectivity index is 1.09. The number of benzene rings is 4. The monoisotopic (exact) mass is 620 g/mol. The van der Waals surface area contributed by atoms with Crippen LogP contribution in [0.15, 0.2) is 72.8 Å². The molecule has 238 valence electrons. The van der Waals surface area contributed by atoms with E-state index in [-0.39, 0.29) is 18.1 Å². The van der Waals surface area contributed by atoms with Gasteiger partial charge in [-0.15, -0.1) is 30.0 Å². The van der Waals surface area contributed by atoms with Crippen molar-refractivity contribution in [1.82, 2.24) is 30.0 Å². The maximum atomic E-state index is 11.3. The van der Waals surface area contributed by atoms with Crippen molar-refractivity contribution in [3.63, 3.8) is 0 Å². The summed E-state index contributed by atoms with van der Waals surface area (Å²) in [5, 5.41) is 40.6. The van der Waals surface area contributed by atoms with Crippen molar-refractivity contribution in [2.45, 2.75) is 72.2 Å². The minimum Gasteiger partial charge on any atom is -0.505 e. The van der Waals surface area contributed by atoms with E-state index in [1.165, 1.54) is 9.59 Å². The van der Waals surface area contributed by atoms with Gasteiger partial charge >= 0.3 is 0 Å². The first kappa shape index (κ1) is 31.2. The fraction of sp³-hybridized carbons (Fsp3) is 0.333. The van der Waals surface area contributed by atoms with E-state index in [4.69, 9.17) is 9.47 Å². The molecule has 0 aliphatic carbocycles. The lowest BCUT2D eigenvalue weighted by Gasteiger charge is -2.30. The second-order valence-electron chi connectivity index (χ2n) is 13.1. The molecule has 0 saturated carbocycles. The third-order valence-electron chi connectivity index (χ3n) is 8.06. The van der Waals surface area contributed by atoms with Gasteiger partial charge < -0.3 is 19.7 Å². The average molecular weight is 621 g/mol. The normalized spacial score (nSPS) is 12.4. The van der Waals surface area contributed by atoms with Gasteiger partial charge in [-0.1, -0.05) is 30.3 Å². The predicted octanol–water partition coefficient (Wildman–Crippen LogP) is 6.91. The molecule has 0 saturated heterocycles. The highest BCUT2D eigenvalue weighted by atomic mass is 16.5. The molecule has 2 heterocycles. The molecule has 0 fully saturated rings. The molecular formula is C36H40N6O4. The molecule has 10 nitrogen and oxygen atoms in total. The molecule has 0 radical (unpaired) electrons. The number of nitrogens with zero attached hydrogens (tertiary/aromatic N) is 6. The van der Waals surface area contributed by atoms with Gasteiger partial charge in [0, 0.05) is 12.0 Å². The van der Waals surface area contributed by atoms with Crippen LogP contribution in [0.25, 0.3) is 33.4 Å². The molecule has 4 aromatic carbocycles. The van der Waals surface area contributed by atoms with Crippen LogP contribution in [-0.2, 0) is 22.5 Å². The standard InChI is InChI=1S/C36H40N6O4/c1-23-17-25(33(43)31(19-23)41-37-27-11-7-8-12-28(27)38-41)21-36(5,6)45-16-15-35(3,4)46-22-26-18-24(2)20-32(34(26)44)42-39-29-13-9-10-14-30(29)40-42/h7-14,17-20,43-44H,15-16,21-22H2,1-6H3. The second-order valence-corrected chi connectivity index (χ2v) is 13.1. The Morgan fingerprint density at radius 3 is 1.52 bits per heavy atom. The van der Waals surface area contributed by atoms with E-state index >= 15 is 0 Å². The number of rotatable bonds is 11. The number of ether oxygens (including phenoxy) is 2. The third kappa shape index (κ3) is 6.73. The molecule has 0 aliphatic rings. The lowest BCUT2D eigenvalue weighted by atomic mass is 9.95. The molecular weight excluding hydrogens is 580 g/mol. The van der Waals surface area contributed by atoms with Gasteiger partial charge in [0.05, 0.1) is 24.4 Å². The highest BCUT2D eigenvalue weighted by molar-refractivity contribution is 5.74. The van der Waals surface area contributed by atoms with E-state index in [0.29, 0.717) is 36.4 Å². The van der Waals surface area contributed by atoms with E-state index in [1.807, 2.05) is 114 Å². The van der Waals surface area contributed by atoms with Gasteiger partial charge in [-0.25, -0.2) is 0 Å². The smallest absolute Gasteiger partial charge is 0.148 e. The molecule has 0 spiro atoms. The van der Waals surface area contributed by atoms with E-state index in [0.717, 1.165) is 38.8 Å². The molecule has 0 atom stereocenters. The van der Waals surface area contributed by atoms with Crippen LogP contribution in [0.2, 0.25) is 0 Å². The van der Waals surface area contributed by atoms with E-state index in [1.54, 1.807) is 0 Å². The number of aromatic nitrogens is 6.